The van der Waals surface area contributed by atoms with Crippen LogP contribution in [0, 0.1) is 21.7 Å². The van der Waals surface area contributed by atoms with E-state index in [9.17, 15) is 19.2 Å². The topological polar surface area (TPSA) is 155 Å². The monoisotopic (exact) mass is 656 g/mol. The van der Waals surface area contributed by atoms with Gasteiger partial charge in [-0.15, -0.1) is 0 Å². The molecule has 0 amide bonds. The van der Waals surface area contributed by atoms with Crippen LogP contribution in [0.1, 0.15) is 130 Å². The second-order valence-electron chi connectivity index (χ2n) is 18.1. The average molecular weight is 657 g/mol. The first-order valence-corrected chi connectivity index (χ1v) is 17.0. The van der Waals surface area contributed by atoms with Crippen molar-refractivity contribution in [1.82, 2.24) is 10.6 Å². The largest absolute Gasteiger partial charge is 0.412 e. The van der Waals surface area contributed by atoms with E-state index in [1.165, 1.54) is 0 Å². The number of benzene rings is 1. The van der Waals surface area contributed by atoms with Crippen LogP contribution in [0.4, 0.5) is 0 Å². The van der Waals surface area contributed by atoms with Crippen LogP contribution in [-0.4, -0.2) is 34.1 Å². The van der Waals surface area contributed by atoms with Gasteiger partial charge < -0.3 is 21.6 Å². The molecule has 1 aromatic carbocycles. The number of hydrogen-bond acceptors (Lipinski definition) is 6. The highest BCUT2D eigenvalue weighted by atomic mass is 16.1. The summed E-state index contributed by atoms with van der Waals surface area (Å²) >= 11 is 0. The summed E-state index contributed by atoms with van der Waals surface area (Å²) in [5.74, 6) is -0.424. The maximum Gasteiger partial charge on any atom is 0.162 e. The van der Waals surface area contributed by atoms with Crippen molar-refractivity contribution in [3.63, 3.8) is 0 Å². The highest BCUT2D eigenvalue weighted by Gasteiger charge is 2.48. The Labute approximate surface area is 284 Å². The van der Waals surface area contributed by atoms with Gasteiger partial charge in [-0.25, -0.2) is 0 Å². The van der Waals surface area contributed by atoms with Crippen LogP contribution >= 0.6 is 0 Å². The fraction of sp³-hybridized carbons (Fsp3) is 0.550. The number of allylic oxidation sites excluding steroid dienone is 8. The summed E-state index contributed by atoms with van der Waals surface area (Å²) in [6.45, 7) is 17.0. The zero-order valence-corrected chi connectivity index (χ0v) is 29.8. The Morgan fingerprint density at radius 1 is 0.417 bits per heavy atom. The molecule has 8 nitrogen and oxygen atoms in total. The summed E-state index contributed by atoms with van der Waals surface area (Å²) in [6, 6.07) is 8.16. The Balaban J connectivity index is 0.00000225. The summed E-state index contributed by atoms with van der Waals surface area (Å²) in [4.78, 5) is 55.3. The summed E-state index contributed by atoms with van der Waals surface area (Å²) in [6.07, 6.45) is 4.83. The van der Waals surface area contributed by atoms with Gasteiger partial charge in [-0.1, -0.05) is 79.7 Å². The molecule has 6 N–H and O–H groups in total. The van der Waals surface area contributed by atoms with E-state index in [-0.39, 0.29) is 55.7 Å². The first-order chi connectivity index (χ1) is 21.3. The molecule has 0 spiro atoms. The number of ketones is 4. The van der Waals surface area contributed by atoms with Gasteiger partial charge in [-0.3, -0.25) is 19.2 Å². The molecule has 0 radical (unpaired) electrons. The molecule has 7 rings (SSSR count). The fourth-order valence-corrected chi connectivity index (χ4v) is 9.33. The van der Waals surface area contributed by atoms with Gasteiger partial charge in [0.25, 0.3) is 0 Å². The average Bonchev–Trinajstić information content (AvgIpc) is 2.88. The first-order valence-electron chi connectivity index (χ1n) is 17.0. The van der Waals surface area contributed by atoms with Gasteiger partial charge in [0.1, 0.15) is 0 Å². The molecule has 8 heteroatoms. The molecule has 0 saturated heterocycles. The van der Waals surface area contributed by atoms with Crippen LogP contribution in [0.25, 0.3) is 0 Å². The van der Waals surface area contributed by atoms with Crippen molar-refractivity contribution in [3.8, 4) is 0 Å². The van der Waals surface area contributed by atoms with Crippen molar-refractivity contribution in [2.45, 2.75) is 119 Å². The Kier molecular flexibility index (Phi) is 8.53. The molecule has 0 unspecified atom stereocenters. The van der Waals surface area contributed by atoms with Crippen LogP contribution in [0.5, 0.6) is 0 Å². The van der Waals surface area contributed by atoms with Crippen LogP contribution in [0.2, 0.25) is 0 Å². The molecule has 258 valence electrons. The maximum atomic E-state index is 13.8. The molecule has 0 aromatic heterocycles. The smallest absolute Gasteiger partial charge is 0.162 e. The maximum absolute atomic E-state index is 13.8. The van der Waals surface area contributed by atoms with Crippen molar-refractivity contribution < 1.29 is 30.1 Å². The van der Waals surface area contributed by atoms with E-state index in [1.54, 1.807) is 0 Å². The van der Waals surface area contributed by atoms with E-state index in [4.69, 9.17) is 0 Å². The van der Waals surface area contributed by atoms with Gasteiger partial charge in [0.05, 0.1) is 0 Å². The van der Waals surface area contributed by atoms with Crippen molar-refractivity contribution in [2.24, 2.45) is 21.7 Å². The van der Waals surface area contributed by atoms with Crippen molar-refractivity contribution in [1.29, 1.82) is 0 Å². The summed E-state index contributed by atoms with van der Waals surface area (Å²) < 4.78 is 0. The number of Topliss-reactive ketones (excluding diaryl/α,β-unsaturated/α-hetero) is 4. The molecule has 1 aromatic rings. The molecule has 2 aliphatic heterocycles. The molecule has 0 fully saturated rings. The molecule has 6 aliphatic rings. The normalized spacial score (nSPS) is 26.0. The number of nitrogens with one attached hydrogen (secondary N) is 2. The minimum atomic E-state index is -0.417. The minimum absolute atomic E-state index is 0. The second-order valence-corrected chi connectivity index (χ2v) is 18.1. The predicted molar refractivity (Wildman–Crippen MR) is 186 cm³/mol. The van der Waals surface area contributed by atoms with Crippen LogP contribution in [0.15, 0.2) is 69.3 Å². The molecular weight excluding hydrogens is 604 g/mol. The number of hydrogen-bond donors (Lipinski definition) is 2. The summed E-state index contributed by atoms with van der Waals surface area (Å²) in [7, 11) is 0. The highest BCUT2D eigenvalue weighted by molar-refractivity contribution is 6.08. The quantitative estimate of drug-likeness (QED) is 0.399. The van der Waals surface area contributed by atoms with Gasteiger partial charge in [0, 0.05) is 82.6 Å². The number of carbonyl (C=O) groups excluding carboxylic acids is 4. The first kappa shape index (κ1) is 35.7. The van der Waals surface area contributed by atoms with Crippen molar-refractivity contribution in [3.05, 3.63) is 80.5 Å². The number of dihydropyridines is 2. The van der Waals surface area contributed by atoms with Gasteiger partial charge in [0.15, 0.2) is 23.1 Å². The lowest BCUT2D eigenvalue weighted by Gasteiger charge is -2.44. The third kappa shape index (κ3) is 5.96. The third-order valence-corrected chi connectivity index (χ3v) is 11.0. The third-order valence-electron chi connectivity index (χ3n) is 11.0. The molecule has 0 saturated carbocycles. The van der Waals surface area contributed by atoms with Crippen molar-refractivity contribution in [2.75, 3.05) is 0 Å². The standard InChI is InChI=1S/C40H48N2O4.2H2O/c1-37(2)13-23-33(27(43)17-37)31(34-24(41-23)14-38(3,4)18-28(34)44)21-9-11-22(12-10-21)32-35-25(15-39(5,6)19-29(35)45)42-26-16-40(7,8)20-30(46)36(26)32;;/h9-12,31-32,41-42H,13-20H2,1-8H3;2*1H2. The van der Waals surface area contributed by atoms with Crippen LogP contribution in [-0.2, 0) is 19.2 Å². The number of carbonyl (C=O) groups is 4. The highest BCUT2D eigenvalue weighted by Crippen LogP contribution is 2.53. The predicted octanol–water partition coefficient (Wildman–Crippen LogP) is 5.98. The zero-order valence-electron chi connectivity index (χ0n) is 29.8. The Morgan fingerprint density at radius 2 is 0.625 bits per heavy atom. The lowest BCUT2D eigenvalue weighted by molar-refractivity contribution is -0.120. The minimum Gasteiger partial charge on any atom is -0.412 e. The molecule has 0 atom stereocenters. The van der Waals surface area contributed by atoms with Crippen LogP contribution in [0.3, 0.4) is 0 Å². The SMILES string of the molecule is CC1(C)CC(=O)C2=C(C1)NC1=C(C(=O)CC(C)(C)C1)C2c1ccc(C2C3=C(CC(C)(C)CC3=O)NC3=C2C(=O)CC(C)(C)C3)cc1.O.O. The van der Waals surface area contributed by atoms with Crippen LogP contribution < -0.4 is 10.6 Å². The van der Waals surface area contributed by atoms with E-state index >= 15 is 0 Å². The molecule has 4 aliphatic carbocycles. The van der Waals surface area contributed by atoms with E-state index in [0.29, 0.717) is 25.7 Å². The van der Waals surface area contributed by atoms with Crippen molar-refractivity contribution >= 4 is 23.1 Å². The zero-order chi connectivity index (χ0) is 33.1. The van der Waals surface area contributed by atoms with E-state index in [1.807, 2.05) is 24.3 Å². The van der Waals surface area contributed by atoms with E-state index in [0.717, 1.165) is 81.9 Å². The summed E-state index contributed by atoms with van der Waals surface area (Å²) in [5.41, 5.74) is 7.92. The number of rotatable bonds is 2. The van der Waals surface area contributed by atoms with Gasteiger partial charge in [-0.2, -0.15) is 0 Å². The van der Waals surface area contributed by atoms with E-state index in [2.05, 4.69) is 66.0 Å². The molecule has 48 heavy (non-hydrogen) atoms. The fourth-order valence-electron chi connectivity index (χ4n) is 9.33. The van der Waals surface area contributed by atoms with Gasteiger partial charge in [0.2, 0.25) is 0 Å². The van der Waals surface area contributed by atoms with Gasteiger partial charge >= 0.3 is 0 Å². The van der Waals surface area contributed by atoms with Gasteiger partial charge in [-0.05, 0) is 58.5 Å². The molecular formula is C40H52N2O6. The Bertz CT molecular complexity index is 1530. The molecule has 0 bridgehead atoms. The lowest BCUT2D eigenvalue weighted by Crippen LogP contribution is -2.42. The van der Waals surface area contributed by atoms with E-state index < -0.39 is 11.8 Å². The summed E-state index contributed by atoms with van der Waals surface area (Å²) in [5, 5.41) is 7.20. The Hall–Kier alpha value is -3.62. The second kappa shape index (κ2) is 11.5. The lowest BCUT2D eigenvalue weighted by atomic mass is 9.63. The Morgan fingerprint density at radius 3 is 0.833 bits per heavy atom. The molecule has 2 heterocycles.